The lowest BCUT2D eigenvalue weighted by atomic mass is 10.1. The van der Waals surface area contributed by atoms with Gasteiger partial charge in [-0.05, 0) is 35.9 Å². The molecule has 7 heteroatoms. The molecule has 0 aliphatic carbocycles. The van der Waals surface area contributed by atoms with Gasteiger partial charge >= 0.3 is 6.18 Å². The zero-order valence-corrected chi connectivity index (χ0v) is 14.7. The summed E-state index contributed by atoms with van der Waals surface area (Å²) in [4.78, 5) is 16.3. The lowest BCUT2D eigenvalue weighted by Gasteiger charge is -2.35. The van der Waals surface area contributed by atoms with E-state index in [1.54, 1.807) is 4.90 Å². The van der Waals surface area contributed by atoms with Gasteiger partial charge in [0.25, 0.3) is 5.91 Å². The number of benzene rings is 2. The first kappa shape index (κ1) is 18.7. The fourth-order valence-corrected chi connectivity index (χ4v) is 3.23. The first-order valence-corrected chi connectivity index (χ1v) is 8.64. The Bertz CT molecular complexity index is 786. The highest BCUT2D eigenvalue weighted by molar-refractivity contribution is 6.30. The normalized spacial score (nSPS) is 15.9. The topological polar surface area (TPSA) is 23.6 Å². The van der Waals surface area contributed by atoms with Gasteiger partial charge in [-0.25, -0.2) is 0 Å². The maximum Gasteiger partial charge on any atom is 0.416 e. The van der Waals surface area contributed by atoms with Crippen molar-refractivity contribution in [2.75, 3.05) is 26.2 Å². The van der Waals surface area contributed by atoms with Crippen LogP contribution in [-0.2, 0) is 12.7 Å². The highest BCUT2D eigenvalue weighted by Crippen LogP contribution is 2.29. The molecule has 0 radical (unpaired) electrons. The average molecular weight is 383 g/mol. The van der Waals surface area contributed by atoms with Crippen molar-refractivity contribution in [1.82, 2.24) is 9.80 Å². The Balaban J connectivity index is 1.60. The molecule has 0 aromatic heterocycles. The van der Waals surface area contributed by atoms with Gasteiger partial charge < -0.3 is 4.90 Å². The predicted molar refractivity (Wildman–Crippen MR) is 94.1 cm³/mol. The lowest BCUT2D eigenvalue weighted by Crippen LogP contribution is -2.48. The molecule has 0 bridgehead atoms. The Labute approximate surface area is 155 Å². The number of amides is 1. The summed E-state index contributed by atoms with van der Waals surface area (Å²) < 4.78 is 38.5. The first-order chi connectivity index (χ1) is 12.3. The van der Waals surface area contributed by atoms with Gasteiger partial charge in [-0.2, -0.15) is 13.2 Å². The van der Waals surface area contributed by atoms with Crippen LogP contribution < -0.4 is 0 Å². The van der Waals surface area contributed by atoms with Crippen molar-refractivity contribution in [3.63, 3.8) is 0 Å². The molecular formula is C19H18ClF3N2O. The van der Waals surface area contributed by atoms with Gasteiger partial charge in [-0.1, -0.05) is 29.8 Å². The van der Waals surface area contributed by atoms with Crippen LogP contribution in [0.25, 0.3) is 0 Å². The van der Waals surface area contributed by atoms with Gasteiger partial charge in [-0.15, -0.1) is 0 Å². The second kappa shape index (κ2) is 7.68. The Morgan fingerprint density at radius 2 is 1.69 bits per heavy atom. The summed E-state index contributed by atoms with van der Waals surface area (Å²) in [5.41, 5.74) is 0.362. The number of hydrogen-bond acceptors (Lipinski definition) is 2. The van der Waals surface area contributed by atoms with Crippen LogP contribution in [-0.4, -0.2) is 41.9 Å². The molecule has 0 spiro atoms. The summed E-state index contributed by atoms with van der Waals surface area (Å²) >= 11 is 5.99. The Kier molecular flexibility index (Phi) is 5.53. The van der Waals surface area contributed by atoms with E-state index in [0.717, 1.165) is 24.2 Å². The highest BCUT2D eigenvalue weighted by atomic mass is 35.5. The number of alkyl halides is 3. The van der Waals surface area contributed by atoms with E-state index in [2.05, 4.69) is 4.90 Å². The van der Waals surface area contributed by atoms with Gasteiger partial charge in [0.2, 0.25) is 0 Å². The largest absolute Gasteiger partial charge is 0.416 e. The molecule has 2 aromatic rings. The summed E-state index contributed by atoms with van der Waals surface area (Å²) in [5.74, 6) is -0.362. The van der Waals surface area contributed by atoms with Gasteiger partial charge in [0.15, 0.2) is 0 Å². The molecule has 0 unspecified atom stereocenters. The third-order valence-corrected chi connectivity index (χ3v) is 4.63. The van der Waals surface area contributed by atoms with Gasteiger partial charge in [0.05, 0.1) is 5.56 Å². The van der Waals surface area contributed by atoms with Crippen LogP contribution in [0.2, 0.25) is 5.02 Å². The molecule has 138 valence electrons. The van der Waals surface area contributed by atoms with Crippen LogP contribution in [0.5, 0.6) is 0 Å². The van der Waals surface area contributed by atoms with E-state index in [4.69, 9.17) is 11.6 Å². The number of nitrogens with zero attached hydrogens (tertiary/aromatic N) is 2. The summed E-state index contributed by atoms with van der Waals surface area (Å²) in [7, 11) is 0. The SMILES string of the molecule is O=C(c1cccc(C(F)(F)F)c1)N1CCN(Cc2cccc(Cl)c2)CC1. The number of hydrogen-bond donors (Lipinski definition) is 0. The van der Waals surface area contributed by atoms with Crippen LogP contribution >= 0.6 is 11.6 Å². The van der Waals surface area contributed by atoms with Crippen molar-refractivity contribution >= 4 is 17.5 Å². The molecule has 1 aliphatic heterocycles. The maximum atomic E-state index is 12.8. The molecule has 0 N–H and O–H groups in total. The van der Waals surface area contributed by atoms with E-state index in [1.807, 2.05) is 24.3 Å². The number of piperazine rings is 1. The van der Waals surface area contributed by atoms with E-state index < -0.39 is 11.7 Å². The number of halogens is 4. The number of rotatable bonds is 3. The van der Waals surface area contributed by atoms with Gasteiger partial charge in [0.1, 0.15) is 0 Å². The van der Waals surface area contributed by atoms with Crippen molar-refractivity contribution in [2.45, 2.75) is 12.7 Å². The van der Waals surface area contributed by atoms with Crippen molar-refractivity contribution < 1.29 is 18.0 Å². The van der Waals surface area contributed by atoms with Crippen LogP contribution in [0.3, 0.4) is 0 Å². The van der Waals surface area contributed by atoms with Crippen molar-refractivity contribution in [2.24, 2.45) is 0 Å². The molecule has 3 nitrogen and oxygen atoms in total. The second-order valence-corrected chi connectivity index (χ2v) is 6.71. The zero-order valence-electron chi connectivity index (χ0n) is 14.0. The highest BCUT2D eigenvalue weighted by Gasteiger charge is 2.31. The molecule has 1 saturated heterocycles. The van der Waals surface area contributed by atoms with Crippen LogP contribution in [0.1, 0.15) is 21.5 Å². The van der Waals surface area contributed by atoms with E-state index in [9.17, 15) is 18.0 Å². The Hall–Kier alpha value is -2.05. The second-order valence-electron chi connectivity index (χ2n) is 6.28. The average Bonchev–Trinajstić information content (AvgIpc) is 2.61. The smallest absolute Gasteiger partial charge is 0.336 e. The molecular weight excluding hydrogens is 365 g/mol. The molecule has 2 aromatic carbocycles. The van der Waals surface area contributed by atoms with Crippen LogP contribution in [0.4, 0.5) is 13.2 Å². The fraction of sp³-hybridized carbons (Fsp3) is 0.316. The number of carbonyl (C=O) groups excluding carboxylic acids is 1. The molecule has 1 heterocycles. The predicted octanol–water partition coefficient (Wildman–Crippen LogP) is 4.32. The Morgan fingerprint density at radius 3 is 2.35 bits per heavy atom. The summed E-state index contributed by atoms with van der Waals surface area (Å²) in [5, 5.41) is 0.681. The minimum absolute atomic E-state index is 0.0723. The van der Waals surface area contributed by atoms with Crippen molar-refractivity contribution in [3.8, 4) is 0 Å². The van der Waals surface area contributed by atoms with Crippen molar-refractivity contribution in [3.05, 3.63) is 70.2 Å². The van der Waals surface area contributed by atoms with E-state index >= 15 is 0 Å². The van der Waals surface area contributed by atoms with Crippen LogP contribution in [0, 0.1) is 0 Å². The Morgan fingerprint density at radius 1 is 1.00 bits per heavy atom. The van der Waals surface area contributed by atoms with Gasteiger partial charge in [-0.3, -0.25) is 9.69 Å². The molecule has 0 saturated carbocycles. The molecule has 1 amide bonds. The van der Waals surface area contributed by atoms with Gasteiger partial charge in [0, 0.05) is 43.3 Å². The van der Waals surface area contributed by atoms with E-state index in [1.165, 1.54) is 12.1 Å². The standard InChI is InChI=1S/C19H18ClF3N2O/c20-17-6-1-3-14(11-17)13-24-7-9-25(10-8-24)18(26)15-4-2-5-16(12-15)19(21,22)23/h1-6,11-12H,7-10,13H2. The molecule has 3 rings (SSSR count). The fourth-order valence-electron chi connectivity index (χ4n) is 3.01. The zero-order chi connectivity index (χ0) is 18.7. The molecule has 26 heavy (non-hydrogen) atoms. The molecule has 0 atom stereocenters. The monoisotopic (exact) mass is 382 g/mol. The minimum Gasteiger partial charge on any atom is -0.336 e. The lowest BCUT2D eigenvalue weighted by molar-refractivity contribution is -0.137. The molecule has 1 fully saturated rings. The van der Waals surface area contributed by atoms with Crippen molar-refractivity contribution in [1.29, 1.82) is 0 Å². The van der Waals surface area contributed by atoms with E-state index in [0.29, 0.717) is 31.2 Å². The quantitative estimate of drug-likeness (QED) is 0.789. The maximum absolute atomic E-state index is 12.8. The summed E-state index contributed by atoms with van der Waals surface area (Å²) in [6, 6.07) is 12.2. The first-order valence-electron chi connectivity index (χ1n) is 8.26. The molecule has 1 aliphatic rings. The number of carbonyl (C=O) groups is 1. The third kappa shape index (κ3) is 4.56. The summed E-state index contributed by atoms with van der Waals surface area (Å²) in [6.45, 7) is 3.02. The minimum atomic E-state index is -4.45. The summed E-state index contributed by atoms with van der Waals surface area (Å²) in [6.07, 6.45) is -4.45. The third-order valence-electron chi connectivity index (χ3n) is 4.39. The van der Waals surface area contributed by atoms with E-state index in [-0.39, 0.29) is 11.5 Å². The van der Waals surface area contributed by atoms with Crippen LogP contribution in [0.15, 0.2) is 48.5 Å².